The predicted molar refractivity (Wildman–Crippen MR) is 115 cm³/mol. The second-order valence-corrected chi connectivity index (χ2v) is 7.88. The Bertz CT molecular complexity index is 1060. The van der Waals surface area contributed by atoms with E-state index in [1.54, 1.807) is 12.1 Å². The fourth-order valence-electron chi connectivity index (χ4n) is 3.23. The maximum absolute atomic E-state index is 12.9. The van der Waals surface area contributed by atoms with Gasteiger partial charge in [-0.1, -0.05) is 17.7 Å². The van der Waals surface area contributed by atoms with Crippen molar-refractivity contribution in [2.75, 3.05) is 13.2 Å². The lowest BCUT2D eigenvalue weighted by Crippen LogP contribution is -2.35. The van der Waals surface area contributed by atoms with Gasteiger partial charge in [0, 0.05) is 21.2 Å². The highest BCUT2D eigenvalue weighted by molar-refractivity contribution is 14.1. The number of amides is 1. The molecule has 0 bridgehead atoms. The third-order valence-electron chi connectivity index (χ3n) is 4.46. The van der Waals surface area contributed by atoms with Crippen LogP contribution in [0.25, 0.3) is 10.9 Å². The Kier molecular flexibility index (Phi) is 5.96. The minimum Gasteiger partial charge on any atom is -0.395 e. The average molecular weight is 476 g/mol. The number of hydrogen-bond donors (Lipinski definition) is 2. The molecule has 3 aromatic rings. The maximum Gasteiger partial charge on any atom is 0.254 e. The largest absolute Gasteiger partial charge is 0.395 e. The van der Waals surface area contributed by atoms with E-state index in [9.17, 15) is 14.7 Å². The number of rotatable bonds is 5. The molecule has 27 heavy (non-hydrogen) atoms. The highest BCUT2D eigenvalue weighted by Gasteiger charge is 2.18. The number of aromatic amines is 1. The van der Waals surface area contributed by atoms with Crippen molar-refractivity contribution in [2.24, 2.45) is 0 Å². The molecule has 3 rings (SSSR count). The lowest BCUT2D eigenvalue weighted by atomic mass is 10.0. The molecule has 0 aliphatic carbocycles. The van der Waals surface area contributed by atoms with E-state index < -0.39 is 0 Å². The van der Waals surface area contributed by atoms with Gasteiger partial charge in [0.25, 0.3) is 11.5 Å². The lowest BCUT2D eigenvalue weighted by molar-refractivity contribution is 0.0707. The predicted octanol–water partition coefficient (Wildman–Crippen LogP) is 3.38. The maximum atomic E-state index is 12.9. The topological polar surface area (TPSA) is 73.4 Å². The van der Waals surface area contributed by atoms with Crippen LogP contribution < -0.4 is 5.56 Å². The monoisotopic (exact) mass is 476 g/mol. The number of hydrogen-bond acceptors (Lipinski definition) is 3. The third kappa shape index (κ3) is 4.39. The molecular formula is C21H21IN2O3. The van der Waals surface area contributed by atoms with E-state index in [2.05, 4.69) is 27.6 Å². The summed E-state index contributed by atoms with van der Waals surface area (Å²) < 4.78 is 0.955. The van der Waals surface area contributed by atoms with Crippen LogP contribution in [0.5, 0.6) is 0 Å². The van der Waals surface area contributed by atoms with Gasteiger partial charge in [-0.05, 0) is 77.7 Å². The minimum atomic E-state index is -0.215. The molecule has 2 aromatic carbocycles. The first-order valence-corrected chi connectivity index (χ1v) is 9.76. The highest BCUT2D eigenvalue weighted by atomic mass is 127. The lowest BCUT2D eigenvalue weighted by Gasteiger charge is -2.22. The number of halogens is 1. The zero-order valence-corrected chi connectivity index (χ0v) is 17.4. The van der Waals surface area contributed by atoms with Gasteiger partial charge in [-0.15, -0.1) is 0 Å². The van der Waals surface area contributed by atoms with Gasteiger partial charge in [0.05, 0.1) is 18.7 Å². The molecule has 0 fully saturated rings. The quantitative estimate of drug-likeness (QED) is 0.555. The van der Waals surface area contributed by atoms with Gasteiger partial charge in [-0.25, -0.2) is 0 Å². The Hall–Kier alpha value is -2.19. The molecule has 140 valence electrons. The van der Waals surface area contributed by atoms with Gasteiger partial charge in [0.1, 0.15) is 0 Å². The molecule has 0 unspecified atom stereocenters. The highest BCUT2D eigenvalue weighted by Crippen LogP contribution is 2.19. The van der Waals surface area contributed by atoms with Crippen LogP contribution >= 0.6 is 22.6 Å². The van der Waals surface area contributed by atoms with Crippen LogP contribution in [0.3, 0.4) is 0 Å². The molecule has 0 aliphatic rings. The number of nitrogens with zero attached hydrogens (tertiary/aromatic N) is 1. The van der Waals surface area contributed by atoms with Gasteiger partial charge in [-0.2, -0.15) is 0 Å². The molecule has 1 heterocycles. The summed E-state index contributed by atoms with van der Waals surface area (Å²) in [6, 6.07) is 13.1. The van der Waals surface area contributed by atoms with Crippen molar-refractivity contribution in [3.63, 3.8) is 0 Å². The molecule has 0 saturated carbocycles. The summed E-state index contributed by atoms with van der Waals surface area (Å²) in [6.45, 7) is 4.11. The number of carbonyl (C=O) groups excluding carboxylic acids is 1. The van der Waals surface area contributed by atoms with Crippen molar-refractivity contribution in [1.82, 2.24) is 9.88 Å². The summed E-state index contributed by atoms with van der Waals surface area (Å²) in [5.41, 5.74) is 3.76. The first-order chi connectivity index (χ1) is 12.9. The first kappa shape index (κ1) is 19.6. The molecule has 0 saturated heterocycles. The molecule has 0 spiro atoms. The summed E-state index contributed by atoms with van der Waals surface area (Å²) in [4.78, 5) is 29.9. The van der Waals surface area contributed by atoms with E-state index in [0.29, 0.717) is 11.1 Å². The fourth-order valence-corrected chi connectivity index (χ4v) is 3.78. The van der Waals surface area contributed by atoms with Crippen molar-refractivity contribution in [3.8, 4) is 0 Å². The number of fused-ring (bicyclic) bond motifs is 1. The van der Waals surface area contributed by atoms with Crippen molar-refractivity contribution in [3.05, 3.63) is 78.6 Å². The summed E-state index contributed by atoms with van der Waals surface area (Å²) in [5, 5.41) is 10.3. The number of aliphatic hydroxyl groups is 1. The Morgan fingerprint density at radius 3 is 2.67 bits per heavy atom. The fraction of sp³-hybridized carbons (Fsp3) is 0.238. The molecule has 0 atom stereocenters. The second kappa shape index (κ2) is 8.22. The normalized spacial score (nSPS) is 11.0. The number of nitrogens with one attached hydrogen (secondary N) is 1. The van der Waals surface area contributed by atoms with Crippen LogP contribution in [0, 0.1) is 17.4 Å². The van der Waals surface area contributed by atoms with E-state index in [4.69, 9.17) is 0 Å². The number of aryl methyl sites for hydroxylation is 2. The Morgan fingerprint density at radius 2 is 1.96 bits per heavy atom. The van der Waals surface area contributed by atoms with Crippen LogP contribution in [0.15, 0.2) is 47.3 Å². The van der Waals surface area contributed by atoms with E-state index >= 15 is 0 Å². The zero-order valence-electron chi connectivity index (χ0n) is 15.3. The Balaban J connectivity index is 1.98. The standard InChI is InChI=1S/C21H21IN2O3/c1-13-8-14(2)19-16(9-13)10-17(20(26)23-19)12-24(6-7-25)21(27)15-4-3-5-18(22)11-15/h3-5,8-11,25H,6-7,12H2,1-2H3,(H,23,26). The third-order valence-corrected chi connectivity index (χ3v) is 5.13. The second-order valence-electron chi connectivity index (χ2n) is 6.63. The summed E-state index contributed by atoms with van der Waals surface area (Å²) in [6.07, 6.45) is 0. The van der Waals surface area contributed by atoms with Crippen LogP contribution in [0.1, 0.15) is 27.0 Å². The number of aliphatic hydroxyl groups excluding tert-OH is 1. The minimum absolute atomic E-state index is 0.142. The van der Waals surface area contributed by atoms with Gasteiger partial charge in [-0.3, -0.25) is 9.59 Å². The van der Waals surface area contributed by atoms with Crippen LogP contribution in [0.2, 0.25) is 0 Å². The molecule has 1 amide bonds. The van der Waals surface area contributed by atoms with Crippen molar-refractivity contribution >= 4 is 39.4 Å². The van der Waals surface area contributed by atoms with Crippen molar-refractivity contribution < 1.29 is 9.90 Å². The zero-order chi connectivity index (χ0) is 19.6. The SMILES string of the molecule is Cc1cc(C)c2[nH]c(=O)c(CN(CCO)C(=O)c3cccc(I)c3)cc2c1. The van der Waals surface area contributed by atoms with Crippen molar-refractivity contribution in [2.45, 2.75) is 20.4 Å². The average Bonchev–Trinajstić information content (AvgIpc) is 2.62. The smallest absolute Gasteiger partial charge is 0.254 e. The Morgan fingerprint density at radius 1 is 1.19 bits per heavy atom. The van der Waals surface area contributed by atoms with Crippen LogP contribution in [-0.4, -0.2) is 34.0 Å². The number of aromatic nitrogens is 1. The van der Waals surface area contributed by atoms with Crippen LogP contribution in [0.4, 0.5) is 0 Å². The number of H-pyrrole nitrogens is 1. The van der Waals surface area contributed by atoms with Gasteiger partial charge in [0.2, 0.25) is 0 Å². The van der Waals surface area contributed by atoms with E-state index in [1.165, 1.54) is 4.90 Å². The molecule has 6 heteroatoms. The number of pyridine rings is 1. The van der Waals surface area contributed by atoms with Gasteiger partial charge in [0.15, 0.2) is 0 Å². The summed E-state index contributed by atoms with van der Waals surface area (Å²) in [7, 11) is 0. The molecule has 2 N–H and O–H groups in total. The Labute approximate surface area is 171 Å². The molecule has 0 aliphatic heterocycles. The van der Waals surface area contributed by atoms with E-state index in [1.807, 2.05) is 44.2 Å². The number of carbonyl (C=O) groups is 1. The van der Waals surface area contributed by atoms with Crippen molar-refractivity contribution in [1.29, 1.82) is 0 Å². The molecule has 5 nitrogen and oxygen atoms in total. The van der Waals surface area contributed by atoms with Gasteiger partial charge >= 0.3 is 0 Å². The van der Waals surface area contributed by atoms with Crippen LogP contribution in [-0.2, 0) is 6.54 Å². The first-order valence-electron chi connectivity index (χ1n) is 8.68. The van der Waals surface area contributed by atoms with E-state index in [-0.39, 0.29) is 31.2 Å². The number of benzene rings is 2. The van der Waals surface area contributed by atoms with Gasteiger partial charge < -0.3 is 15.0 Å². The molecule has 0 radical (unpaired) electrons. The molecule has 1 aromatic heterocycles. The summed E-state index contributed by atoms with van der Waals surface area (Å²) >= 11 is 2.15. The van der Waals surface area contributed by atoms with E-state index in [0.717, 1.165) is 25.6 Å². The molecular weight excluding hydrogens is 455 g/mol. The summed E-state index contributed by atoms with van der Waals surface area (Å²) in [5.74, 6) is -0.206.